The van der Waals surface area contributed by atoms with Gasteiger partial charge in [0.1, 0.15) is 23.1 Å². The van der Waals surface area contributed by atoms with Gasteiger partial charge >= 0.3 is 5.97 Å². The Hall–Kier alpha value is -3.27. The van der Waals surface area contributed by atoms with Gasteiger partial charge in [-0.3, -0.25) is 0 Å². The molecule has 0 bridgehead atoms. The Morgan fingerprint density at radius 2 is 1.83 bits per heavy atom. The molecule has 4 rings (SSSR count). The minimum atomic E-state index is -0.522. The third kappa shape index (κ3) is 3.78. The molecule has 3 aromatic carbocycles. The maximum absolute atomic E-state index is 12.4. The quantitative estimate of drug-likeness (QED) is 0.392. The van der Waals surface area contributed by atoms with Gasteiger partial charge in [-0.1, -0.05) is 51.8 Å². The number of nitrogens with zero attached hydrogens (tertiary/aromatic N) is 1. The Morgan fingerprint density at radius 1 is 1.10 bits per heavy atom. The van der Waals surface area contributed by atoms with Gasteiger partial charge in [-0.05, 0) is 42.0 Å². The molecule has 30 heavy (non-hydrogen) atoms. The van der Waals surface area contributed by atoms with E-state index in [1.54, 1.807) is 42.5 Å². The van der Waals surface area contributed by atoms with Gasteiger partial charge in [0, 0.05) is 21.1 Å². The van der Waals surface area contributed by atoms with E-state index in [0.29, 0.717) is 27.7 Å². The van der Waals surface area contributed by atoms with Crippen LogP contribution in [0.1, 0.15) is 27.4 Å². The number of carbonyl (C=O) groups is 1. The molecule has 0 radical (unpaired) electrons. The lowest BCUT2D eigenvalue weighted by molar-refractivity contribution is 0.0734. The molecule has 0 fully saturated rings. The van der Waals surface area contributed by atoms with Crippen LogP contribution in [-0.2, 0) is 0 Å². The number of ether oxygens (including phenoxy) is 2. The van der Waals surface area contributed by atoms with Gasteiger partial charge in [0.2, 0.25) is 5.88 Å². The molecule has 148 valence electrons. The maximum Gasteiger partial charge on any atom is 0.343 e. The fourth-order valence-corrected chi connectivity index (χ4v) is 3.92. The van der Waals surface area contributed by atoms with E-state index in [-0.39, 0.29) is 5.88 Å². The van der Waals surface area contributed by atoms with E-state index in [2.05, 4.69) is 22.0 Å². The van der Waals surface area contributed by atoms with Gasteiger partial charge in [0.25, 0.3) is 0 Å². The summed E-state index contributed by atoms with van der Waals surface area (Å²) in [4.78, 5) is 12.4. The van der Waals surface area contributed by atoms with E-state index in [1.165, 1.54) is 0 Å². The predicted molar refractivity (Wildman–Crippen MR) is 116 cm³/mol. The SMILES string of the molecule is N#CC1=C(N)Oc2cc(OC(=O)c3ccc(Cl)cc3)ccc2C1c1ccccc1Br. The van der Waals surface area contributed by atoms with Crippen molar-refractivity contribution in [1.82, 2.24) is 0 Å². The number of nitriles is 1. The number of benzene rings is 3. The highest BCUT2D eigenvalue weighted by molar-refractivity contribution is 9.10. The molecule has 0 saturated heterocycles. The van der Waals surface area contributed by atoms with Crippen LogP contribution in [0, 0.1) is 11.3 Å². The van der Waals surface area contributed by atoms with Gasteiger partial charge in [0.05, 0.1) is 11.5 Å². The Kier molecular flexibility index (Phi) is 5.49. The number of halogens is 2. The van der Waals surface area contributed by atoms with Crippen LogP contribution in [-0.4, -0.2) is 5.97 Å². The zero-order valence-electron chi connectivity index (χ0n) is 15.4. The number of hydrogen-bond acceptors (Lipinski definition) is 5. The van der Waals surface area contributed by atoms with Crippen molar-refractivity contribution in [3.8, 4) is 17.6 Å². The Labute approximate surface area is 186 Å². The topological polar surface area (TPSA) is 85.3 Å². The van der Waals surface area contributed by atoms with Gasteiger partial charge in [-0.25, -0.2) is 4.79 Å². The van der Waals surface area contributed by atoms with E-state index < -0.39 is 11.9 Å². The summed E-state index contributed by atoms with van der Waals surface area (Å²) in [5.41, 5.74) is 8.36. The number of nitrogens with two attached hydrogens (primary N) is 1. The molecule has 0 aromatic heterocycles. The molecule has 2 N–H and O–H groups in total. The van der Waals surface area contributed by atoms with Crippen molar-refractivity contribution in [2.24, 2.45) is 5.73 Å². The summed E-state index contributed by atoms with van der Waals surface area (Å²) in [5, 5.41) is 10.2. The number of carbonyl (C=O) groups excluding carboxylic acids is 1. The highest BCUT2D eigenvalue weighted by atomic mass is 79.9. The lowest BCUT2D eigenvalue weighted by atomic mass is 9.83. The van der Waals surface area contributed by atoms with Crippen molar-refractivity contribution < 1.29 is 14.3 Å². The Bertz CT molecular complexity index is 1220. The average Bonchev–Trinajstić information content (AvgIpc) is 2.73. The summed E-state index contributed by atoms with van der Waals surface area (Å²) < 4.78 is 12.0. The third-order valence-corrected chi connectivity index (χ3v) is 5.67. The number of fused-ring (bicyclic) bond motifs is 1. The summed E-state index contributed by atoms with van der Waals surface area (Å²) in [6, 6.07) is 21.2. The van der Waals surface area contributed by atoms with Crippen molar-refractivity contribution in [3.05, 3.63) is 104 Å². The van der Waals surface area contributed by atoms with Gasteiger partial charge in [-0.15, -0.1) is 0 Å². The highest BCUT2D eigenvalue weighted by Crippen LogP contribution is 2.45. The molecule has 5 nitrogen and oxygen atoms in total. The van der Waals surface area contributed by atoms with E-state index in [1.807, 2.05) is 24.3 Å². The second kappa shape index (κ2) is 8.23. The standard InChI is InChI=1S/C23H14BrClN2O3/c24-19-4-2-1-3-16(19)21-17-10-9-15(11-20(17)30-22(27)18(21)12-26)29-23(28)13-5-7-14(25)8-6-13/h1-11,21H,27H2. The van der Waals surface area contributed by atoms with Crippen LogP contribution in [0.2, 0.25) is 5.02 Å². The van der Waals surface area contributed by atoms with Crippen LogP contribution >= 0.6 is 27.5 Å². The Morgan fingerprint density at radius 3 is 2.53 bits per heavy atom. The summed E-state index contributed by atoms with van der Waals surface area (Å²) in [5.74, 6) is -0.185. The molecule has 1 atom stereocenters. The fraction of sp³-hybridized carbons (Fsp3) is 0.0435. The fourth-order valence-electron chi connectivity index (χ4n) is 3.28. The summed E-state index contributed by atoms with van der Waals surface area (Å²) in [6.07, 6.45) is 0. The molecule has 0 aliphatic carbocycles. The zero-order valence-corrected chi connectivity index (χ0v) is 17.8. The van der Waals surface area contributed by atoms with Crippen molar-refractivity contribution in [1.29, 1.82) is 5.26 Å². The van der Waals surface area contributed by atoms with Gasteiger partial charge < -0.3 is 15.2 Å². The first kappa shape index (κ1) is 20.0. The molecule has 0 saturated carbocycles. The van der Waals surface area contributed by atoms with Crippen molar-refractivity contribution in [3.63, 3.8) is 0 Å². The van der Waals surface area contributed by atoms with Crippen LogP contribution < -0.4 is 15.2 Å². The predicted octanol–water partition coefficient (Wildman–Crippen LogP) is 5.54. The molecule has 7 heteroatoms. The lowest BCUT2D eigenvalue weighted by Crippen LogP contribution is -2.21. The van der Waals surface area contributed by atoms with E-state index in [4.69, 9.17) is 26.8 Å². The Balaban J connectivity index is 1.70. The van der Waals surface area contributed by atoms with Crippen LogP contribution in [0.15, 0.2) is 82.7 Å². The highest BCUT2D eigenvalue weighted by Gasteiger charge is 2.32. The molecular formula is C23H14BrClN2O3. The van der Waals surface area contributed by atoms with Gasteiger partial charge in [-0.2, -0.15) is 5.26 Å². The minimum absolute atomic E-state index is 0.0203. The van der Waals surface area contributed by atoms with Crippen molar-refractivity contribution in [2.75, 3.05) is 0 Å². The second-order valence-electron chi connectivity index (χ2n) is 6.54. The average molecular weight is 482 g/mol. The molecule has 0 spiro atoms. The molecule has 1 aliphatic heterocycles. The van der Waals surface area contributed by atoms with E-state index in [0.717, 1.165) is 15.6 Å². The van der Waals surface area contributed by atoms with E-state index >= 15 is 0 Å². The van der Waals surface area contributed by atoms with Crippen molar-refractivity contribution >= 4 is 33.5 Å². The first-order chi connectivity index (χ1) is 14.5. The maximum atomic E-state index is 12.4. The number of esters is 1. The largest absolute Gasteiger partial charge is 0.440 e. The first-order valence-corrected chi connectivity index (χ1v) is 10.1. The molecule has 3 aromatic rings. The molecule has 0 amide bonds. The number of allylic oxidation sites excluding steroid dienone is 1. The second-order valence-corrected chi connectivity index (χ2v) is 7.83. The monoisotopic (exact) mass is 480 g/mol. The van der Waals surface area contributed by atoms with Crippen molar-refractivity contribution in [2.45, 2.75) is 5.92 Å². The van der Waals surface area contributed by atoms with Crippen LogP contribution in [0.5, 0.6) is 11.5 Å². The normalized spacial score (nSPS) is 15.0. The molecular weight excluding hydrogens is 468 g/mol. The summed E-state index contributed by atoms with van der Waals surface area (Å²) in [6.45, 7) is 0. The molecule has 1 heterocycles. The van der Waals surface area contributed by atoms with Crippen LogP contribution in [0.25, 0.3) is 0 Å². The summed E-state index contributed by atoms with van der Waals surface area (Å²) in [7, 11) is 0. The zero-order chi connectivity index (χ0) is 21.3. The number of rotatable bonds is 3. The van der Waals surface area contributed by atoms with Gasteiger partial charge in [0.15, 0.2) is 0 Å². The smallest absolute Gasteiger partial charge is 0.343 e. The van der Waals surface area contributed by atoms with Crippen LogP contribution in [0.3, 0.4) is 0 Å². The number of hydrogen-bond donors (Lipinski definition) is 1. The first-order valence-electron chi connectivity index (χ1n) is 8.91. The lowest BCUT2D eigenvalue weighted by Gasteiger charge is -2.27. The minimum Gasteiger partial charge on any atom is -0.440 e. The molecule has 1 unspecified atom stereocenters. The molecule has 1 aliphatic rings. The summed E-state index contributed by atoms with van der Waals surface area (Å²) >= 11 is 9.40. The van der Waals surface area contributed by atoms with Crippen LogP contribution in [0.4, 0.5) is 0 Å². The van der Waals surface area contributed by atoms with E-state index in [9.17, 15) is 10.1 Å². The third-order valence-electron chi connectivity index (χ3n) is 4.70.